The van der Waals surface area contributed by atoms with E-state index >= 15 is 0 Å². The first-order valence-electron chi connectivity index (χ1n) is 3.56. The van der Waals surface area contributed by atoms with Gasteiger partial charge in [-0.2, -0.15) is 0 Å². The number of carbonyl (C=O) groups is 1. The van der Waals surface area contributed by atoms with E-state index in [0.29, 0.717) is 0 Å². The van der Waals surface area contributed by atoms with Crippen molar-refractivity contribution in [3.8, 4) is 0 Å². The van der Waals surface area contributed by atoms with Gasteiger partial charge in [-0.1, -0.05) is 6.92 Å². The maximum absolute atomic E-state index is 10.6. The number of carboxylic acids is 1. The number of aromatic nitrogens is 1. The third-order valence-corrected chi connectivity index (χ3v) is 2.20. The molecule has 0 amide bonds. The van der Waals surface area contributed by atoms with Crippen LogP contribution in [0, 0.1) is 0 Å². The Hall–Kier alpha value is -1.03. The van der Waals surface area contributed by atoms with Crippen LogP contribution < -0.4 is 0 Å². The van der Waals surface area contributed by atoms with E-state index in [-0.39, 0.29) is 5.69 Å². The molecule has 0 radical (unpaired) electrons. The van der Waals surface area contributed by atoms with Gasteiger partial charge in [0.15, 0.2) is 5.69 Å². The Morgan fingerprint density at radius 1 is 1.75 bits per heavy atom. The molecule has 0 aliphatic rings. The fraction of sp³-hybridized carbons (Fsp3) is 0.250. The zero-order valence-corrected chi connectivity index (χ0v) is 7.47. The largest absolute Gasteiger partial charge is 0.476 e. The molecule has 1 rings (SSSR count). The molecule has 1 N–H and O–H groups in total. The van der Waals surface area contributed by atoms with E-state index in [2.05, 4.69) is 4.98 Å². The van der Waals surface area contributed by atoms with Gasteiger partial charge >= 0.3 is 5.97 Å². The van der Waals surface area contributed by atoms with Crippen molar-refractivity contribution >= 4 is 17.7 Å². The Bertz CT molecular complexity index is 288. The van der Waals surface area contributed by atoms with Crippen LogP contribution in [0.3, 0.4) is 0 Å². The van der Waals surface area contributed by atoms with Crippen LogP contribution in [0.25, 0.3) is 0 Å². The summed E-state index contributed by atoms with van der Waals surface area (Å²) in [5.41, 5.74) is 0.143. The average molecular weight is 183 g/mol. The summed E-state index contributed by atoms with van der Waals surface area (Å²) < 4.78 is 0. The summed E-state index contributed by atoms with van der Waals surface area (Å²) in [6, 6.07) is 3.51. The fourth-order valence-electron chi connectivity index (χ4n) is 0.823. The van der Waals surface area contributed by atoms with Gasteiger partial charge in [0, 0.05) is 11.1 Å². The molecule has 1 aromatic heterocycles. The first kappa shape index (κ1) is 9.06. The lowest BCUT2D eigenvalue weighted by Crippen LogP contribution is -2.01. The van der Waals surface area contributed by atoms with E-state index in [4.69, 9.17) is 5.11 Å². The molecule has 1 aromatic rings. The molecule has 0 saturated heterocycles. The number of hydrogen-bond donors (Lipinski definition) is 1. The molecule has 0 aliphatic carbocycles. The van der Waals surface area contributed by atoms with Gasteiger partial charge in [0.05, 0.1) is 0 Å². The standard InChI is InChI=1S/C8H9NO2S/c1-2-12-6-4-3-5-9-7(6)8(10)11/h3-5H,2H2,1H3,(H,10,11). The van der Waals surface area contributed by atoms with Gasteiger partial charge < -0.3 is 5.11 Å². The Kier molecular flexibility index (Phi) is 3.10. The quantitative estimate of drug-likeness (QED) is 0.727. The predicted molar refractivity (Wildman–Crippen MR) is 47.6 cm³/mol. The van der Waals surface area contributed by atoms with Crippen molar-refractivity contribution < 1.29 is 9.90 Å². The summed E-state index contributed by atoms with van der Waals surface area (Å²) >= 11 is 1.49. The Balaban J connectivity index is 3.00. The molecule has 64 valence electrons. The number of hydrogen-bond acceptors (Lipinski definition) is 3. The number of aromatic carboxylic acids is 1. The van der Waals surface area contributed by atoms with E-state index in [9.17, 15) is 4.79 Å². The van der Waals surface area contributed by atoms with Crippen LogP contribution in [0.4, 0.5) is 0 Å². The highest BCUT2D eigenvalue weighted by Crippen LogP contribution is 2.19. The highest BCUT2D eigenvalue weighted by Gasteiger charge is 2.09. The van der Waals surface area contributed by atoms with Crippen LogP contribution in [0.5, 0.6) is 0 Å². The van der Waals surface area contributed by atoms with Gasteiger partial charge in [0.25, 0.3) is 0 Å². The van der Waals surface area contributed by atoms with Crippen molar-refractivity contribution in [2.75, 3.05) is 5.75 Å². The van der Waals surface area contributed by atoms with Crippen molar-refractivity contribution in [3.05, 3.63) is 24.0 Å². The average Bonchev–Trinajstić information content (AvgIpc) is 2.05. The van der Waals surface area contributed by atoms with E-state index < -0.39 is 5.97 Å². The van der Waals surface area contributed by atoms with Crippen LogP contribution in [0.2, 0.25) is 0 Å². The SMILES string of the molecule is CCSc1cccnc1C(=O)O. The summed E-state index contributed by atoms with van der Waals surface area (Å²) in [6.45, 7) is 1.98. The van der Waals surface area contributed by atoms with Crippen LogP contribution >= 0.6 is 11.8 Å². The molecule has 0 fully saturated rings. The molecule has 0 spiro atoms. The lowest BCUT2D eigenvalue weighted by Gasteiger charge is -2.00. The number of thioether (sulfide) groups is 1. The Labute approximate surface area is 74.8 Å². The topological polar surface area (TPSA) is 50.2 Å². The highest BCUT2D eigenvalue weighted by atomic mass is 32.2. The van der Waals surface area contributed by atoms with Crippen LogP contribution in [-0.2, 0) is 0 Å². The smallest absolute Gasteiger partial charge is 0.355 e. The predicted octanol–water partition coefficient (Wildman–Crippen LogP) is 1.89. The summed E-state index contributed by atoms with van der Waals surface area (Å²) in [5, 5.41) is 8.72. The van der Waals surface area contributed by atoms with Gasteiger partial charge in [-0.25, -0.2) is 9.78 Å². The van der Waals surface area contributed by atoms with Gasteiger partial charge in [0.2, 0.25) is 0 Å². The van der Waals surface area contributed by atoms with Gasteiger partial charge in [-0.3, -0.25) is 0 Å². The second-order valence-corrected chi connectivity index (χ2v) is 3.39. The Morgan fingerprint density at radius 3 is 3.08 bits per heavy atom. The molecule has 4 heteroatoms. The first-order valence-corrected chi connectivity index (χ1v) is 4.55. The van der Waals surface area contributed by atoms with E-state index in [1.165, 1.54) is 18.0 Å². The molecule has 3 nitrogen and oxygen atoms in total. The fourth-order valence-corrected chi connectivity index (χ4v) is 1.59. The van der Waals surface area contributed by atoms with Crippen molar-refractivity contribution in [1.29, 1.82) is 0 Å². The van der Waals surface area contributed by atoms with Crippen molar-refractivity contribution in [2.45, 2.75) is 11.8 Å². The van der Waals surface area contributed by atoms with Gasteiger partial charge in [-0.05, 0) is 17.9 Å². The van der Waals surface area contributed by atoms with Crippen LogP contribution in [0.15, 0.2) is 23.2 Å². The minimum atomic E-state index is -0.966. The third kappa shape index (κ3) is 1.98. The zero-order chi connectivity index (χ0) is 8.97. The van der Waals surface area contributed by atoms with Crippen LogP contribution in [0.1, 0.15) is 17.4 Å². The first-order chi connectivity index (χ1) is 5.75. The lowest BCUT2D eigenvalue weighted by molar-refractivity contribution is 0.0686. The molecule has 0 bridgehead atoms. The second kappa shape index (κ2) is 4.11. The number of rotatable bonds is 3. The molecule has 1 heterocycles. The minimum absolute atomic E-state index is 0.143. The second-order valence-electron chi connectivity index (χ2n) is 2.09. The minimum Gasteiger partial charge on any atom is -0.476 e. The molecule has 0 atom stereocenters. The highest BCUT2D eigenvalue weighted by molar-refractivity contribution is 7.99. The zero-order valence-electron chi connectivity index (χ0n) is 6.65. The van der Waals surface area contributed by atoms with E-state index in [1.54, 1.807) is 12.1 Å². The number of pyridine rings is 1. The van der Waals surface area contributed by atoms with E-state index in [0.717, 1.165) is 10.6 Å². The van der Waals surface area contributed by atoms with Crippen molar-refractivity contribution in [3.63, 3.8) is 0 Å². The van der Waals surface area contributed by atoms with Crippen molar-refractivity contribution in [2.24, 2.45) is 0 Å². The summed E-state index contributed by atoms with van der Waals surface area (Å²) in [7, 11) is 0. The summed E-state index contributed by atoms with van der Waals surface area (Å²) in [6.07, 6.45) is 1.49. The maximum Gasteiger partial charge on any atom is 0.355 e. The maximum atomic E-state index is 10.6. The van der Waals surface area contributed by atoms with E-state index in [1.807, 2.05) is 6.92 Å². The van der Waals surface area contributed by atoms with Gasteiger partial charge in [0.1, 0.15) is 0 Å². The molecular weight excluding hydrogens is 174 g/mol. The van der Waals surface area contributed by atoms with Gasteiger partial charge in [-0.15, -0.1) is 11.8 Å². The molecule has 0 aromatic carbocycles. The number of nitrogens with zero attached hydrogens (tertiary/aromatic N) is 1. The monoisotopic (exact) mass is 183 g/mol. The summed E-state index contributed by atoms with van der Waals surface area (Å²) in [4.78, 5) is 15.1. The molecular formula is C8H9NO2S. The molecule has 12 heavy (non-hydrogen) atoms. The Morgan fingerprint density at radius 2 is 2.50 bits per heavy atom. The van der Waals surface area contributed by atoms with Crippen LogP contribution in [-0.4, -0.2) is 21.8 Å². The normalized spacial score (nSPS) is 9.75. The molecule has 0 saturated carbocycles. The third-order valence-electron chi connectivity index (χ3n) is 1.27. The summed E-state index contributed by atoms with van der Waals surface area (Å²) in [5.74, 6) is -0.113. The lowest BCUT2D eigenvalue weighted by atomic mass is 10.3. The molecule has 0 unspecified atom stereocenters. The van der Waals surface area contributed by atoms with Crippen molar-refractivity contribution in [1.82, 2.24) is 4.98 Å². The molecule has 0 aliphatic heterocycles. The number of carboxylic acid groups (broad SMARTS) is 1.